The molecular weight excluding hydrogens is 286 g/mol. The Morgan fingerprint density at radius 3 is 2.35 bits per heavy atom. The molecule has 4 nitrogen and oxygen atoms in total. The molecule has 0 aromatic heterocycles. The molecule has 4 heteroatoms. The van der Waals surface area contributed by atoms with Crippen molar-refractivity contribution in [1.82, 2.24) is 4.90 Å². The topological polar surface area (TPSA) is 49.6 Å². The molecule has 0 aliphatic carbocycles. The normalized spacial score (nSPS) is 11.8. The molecule has 0 unspecified atom stereocenters. The van der Waals surface area contributed by atoms with Crippen LogP contribution < -0.4 is 10.6 Å². The van der Waals surface area contributed by atoms with Crippen molar-refractivity contribution in [1.29, 1.82) is 0 Å². The van der Waals surface area contributed by atoms with Crippen LogP contribution in [0.25, 0.3) is 0 Å². The maximum absolute atomic E-state index is 12.2. The van der Waals surface area contributed by atoms with E-state index in [9.17, 15) is 4.79 Å². The molecule has 1 amide bonds. The largest absolute Gasteiger partial charge is 0.399 e. The van der Waals surface area contributed by atoms with Crippen LogP contribution in [0.2, 0.25) is 0 Å². The number of carbonyl (C=O) groups is 1. The zero-order valence-electron chi connectivity index (χ0n) is 14.3. The average Bonchev–Trinajstić information content (AvgIpc) is 2.52. The van der Waals surface area contributed by atoms with Crippen molar-refractivity contribution in [3.05, 3.63) is 59.7 Å². The van der Waals surface area contributed by atoms with Gasteiger partial charge >= 0.3 is 0 Å². The minimum Gasteiger partial charge on any atom is -0.399 e. The third-order valence-corrected chi connectivity index (χ3v) is 4.08. The van der Waals surface area contributed by atoms with Gasteiger partial charge in [-0.05, 0) is 36.2 Å². The number of nitrogen functional groups attached to an aromatic ring is 1. The molecule has 2 rings (SSSR count). The predicted octanol–water partition coefficient (Wildman–Crippen LogP) is 3.44. The Hall–Kier alpha value is -2.49. The van der Waals surface area contributed by atoms with Gasteiger partial charge in [-0.3, -0.25) is 4.79 Å². The van der Waals surface area contributed by atoms with Gasteiger partial charge in [-0.15, -0.1) is 0 Å². The zero-order chi connectivity index (χ0) is 17.0. The Labute approximate surface area is 138 Å². The zero-order valence-corrected chi connectivity index (χ0v) is 14.3. The van der Waals surface area contributed by atoms with Crippen molar-refractivity contribution in [3.63, 3.8) is 0 Å². The first kappa shape index (κ1) is 16.9. The lowest BCUT2D eigenvalue weighted by Gasteiger charge is -2.30. The van der Waals surface area contributed by atoms with E-state index in [0.717, 1.165) is 16.8 Å². The standard InChI is InChI=1S/C19H25N3O/c1-14(16-8-6-5-7-9-16)22(15(2)23)13-17-12-18(20)10-11-19(17)21(3)4/h5-12,14H,13,20H2,1-4H3/t14-/m0/s1. The summed E-state index contributed by atoms with van der Waals surface area (Å²) in [5, 5.41) is 0. The summed E-state index contributed by atoms with van der Waals surface area (Å²) >= 11 is 0. The van der Waals surface area contributed by atoms with Crippen LogP contribution >= 0.6 is 0 Å². The molecule has 0 bridgehead atoms. The first-order valence-corrected chi connectivity index (χ1v) is 7.78. The SMILES string of the molecule is CC(=O)N(Cc1cc(N)ccc1N(C)C)[C@@H](C)c1ccccc1. The van der Waals surface area contributed by atoms with E-state index < -0.39 is 0 Å². The molecule has 122 valence electrons. The fourth-order valence-corrected chi connectivity index (χ4v) is 2.78. The molecule has 23 heavy (non-hydrogen) atoms. The maximum Gasteiger partial charge on any atom is 0.220 e. The Balaban J connectivity index is 2.34. The van der Waals surface area contributed by atoms with Crippen LogP contribution in [-0.4, -0.2) is 24.9 Å². The minimum absolute atomic E-state index is 0.00476. The van der Waals surface area contributed by atoms with Crippen LogP contribution in [0, 0.1) is 0 Å². The molecule has 0 fully saturated rings. The van der Waals surface area contributed by atoms with Crippen molar-refractivity contribution in [2.45, 2.75) is 26.4 Å². The summed E-state index contributed by atoms with van der Waals surface area (Å²) in [5.74, 6) is 0.0495. The Kier molecular flexibility index (Phi) is 5.27. The molecule has 2 aromatic rings. The van der Waals surface area contributed by atoms with Crippen molar-refractivity contribution >= 4 is 17.3 Å². The highest BCUT2D eigenvalue weighted by Gasteiger charge is 2.20. The highest BCUT2D eigenvalue weighted by molar-refractivity contribution is 5.74. The number of amides is 1. The first-order valence-electron chi connectivity index (χ1n) is 7.78. The lowest BCUT2D eigenvalue weighted by atomic mass is 10.0. The second-order valence-corrected chi connectivity index (χ2v) is 6.02. The van der Waals surface area contributed by atoms with Crippen molar-refractivity contribution in [3.8, 4) is 0 Å². The van der Waals surface area contributed by atoms with Crippen LogP contribution in [0.5, 0.6) is 0 Å². The summed E-state index contributed by atoms with van der Waals surface area (Å²) in [6.45, 7) is 4.20. The summed E-state index contributed by atoms with van der Waals surface area (Å²) < 4.78 is 0. The third kappa shape index (κ3) is 4.03. The van der Waals surface area contributed by atoms with Gasteiger partial charge in [-0.25, -0.2) is 0 Å². The van der Waals surface area contributed by atoms with Gasteiger partial charge in [0.05, 0.1) is 6.04 Å². The highest BCUT2D eigenvalue weighted by Crippen LogP contribution is 2.27. The lowest BCUT2D eigenvalue weighted by Crippen LogP contribution is -2.31. The number of hydrogen-bond donors (Lipinski definition) is 1. The van der Waals surface area contributed by atoms with E-state index in [1.54, 1.807) is 6.92 Å². The van der Waals surface area contributed by atoms with Crippen LogP contribution in [0.3, 0.4) is 0 Å². The third-order valence-electron chi connectivity index (χ3n) is 4.08. The number of nitrogens with two attached hydrogens (primary N) is 1. The second kappa shape index (κ2) is 7.18. The van der Waals surface area contributed by atoms with Gasteiger partial charge in [0.1, 0.15) is 0 Å². The first-order chi connectivity index (χ1) is 10.9. The number of rotatable bonds is 5. The molecule has 1 atom stereocenters. The number of benzene rings is 2. The molecule has 0 aliphatic heterocycles. The van der Waals surface area contributed by atoms with Crippen LogP contribution in [0.4, 0.5) is 11.4 Å². The fraction of sp³-hybridized carbons (Fsp3) is 0.316. The summed E-state index contributed by atoms with van der Waals surface area (Å²) in [6, 6.07) is 15.9. The van der Waals surface area contributed by atoms with E-state index in [4.69, 9.17) is 5.73 Å². The van der Waals surface area contributed by atoms with Gasteiger partial charge in [0.15, 0.2) is 0 Å². The number of nitrogens with zero attached hydrogens (tertiary/aromatic N) is 2. The molecular formula is C19H25N3O. The highest BCUT2D eigenvalue weighted by atomic mass is 16.2. The molecule has 0 radical (unpaired) electrons. The van der Waals surface area contributed by atoms with E-state index in [1.807, 2.05) is 72.4 Å². The van der Waals surface area contributed by atoms with Gasteiger partial charge in [0.25, 0.3) is 0 Å². The van der Waals surface area contributed by atoms with Crippen molar-refractivity contribution < 1.29 is 4.79 Å². The van der Waals surface area contributed by atoms with E-state index in [1.165, 1.54) is 0 Å². The van der Waals surface area contributed by atoms with E-state index in [2.05, 4.69) is 6.92 Å². The van der Waals surface area contributed by atoms with Crippen LogP contribution in [-0.2, 0) is 11.3 Å². The minimum atomic E-state index is 0.00476. The number of carbonyl (C=O) groups excluding carboxylic acids is 1. The molecule has 0 aliphatic rings. The molecule has 2 aromatic carbocycles. The van der Waals surface area contributed by atoms with Gasteiger partial charge in [0, 0.05) is 38.9 Å². The van der Waals surface area contributed by atoms with Crippen molar-refractivity contribution in [2.24, 2.45) is 0 Å². The van der Waals surface area contributed by atoms with E-state index in [0.29, 0.717) is 12.2 Å². The van der Waals surface area contributed by atoms with E-state index in [-0.39, 0.29) is 11.9 Å². The van der Waals surface area contributed by atoms with Gasteiger partial charge in [-0.2, -0.15) is 0 Å². The Morgan fingerprint density at radius 1 is 1.13 bits per heavy atom. The van der Waals surface area contributed by atoms with Crippen LogP contribution in [0.15, 0.2) is 48.5 Å². The Morgan fingerprint density at radius 2 is 1.78 bits per heavy atom. The number of anilines is 2. The number of hydrogen-bond acceptors (Lipinski definition) is 3. The second-order valence-electron chi connectivity index (χ2n) is 6.02. The average molecular weight is 311 g/mol. The van der Waals surface area contributed by atoms with Crippen LogP contribution in [0.1, 0.15) is 31.0 Å². The summed E-state index contributed by atoms with van der Waals surface area (Å²) in [5.41, 5.74) is 9.90. The quantitative estimate of drug-likeness (QED) is 0.861. The van der Waals surface area contributed by atoms with Gasteiger partial charge in [0.2, 0.25) is 5.91 Å². The predicted molar refractivity (Wildman–Crippen MR) is 96.3 cm³/mol. The van der Waals surface area contributed by atoms with Crippen molar-refractivity contribution in [2.75, 3.05) is 24.7 Å². The summed E-state index contributed by atoms with van der Waals surface area (Å²) in [4.78, 5) is 16.1. The molecule has 0 saturated heterocycles. The van der Waals surface area contributed by atoms with Gasteiger partial charge < -0.3 is 15.5 Å². The smallest absolute Gasteiger partial charge is 0.220 e. The summed E-state index contributed by atoms with van der Waals surface area (Å²) in [6.07, 6.45) is 0. The monoisotopic (exact) mass is 311 g/mol. The summed E-state index contributed by atoms with van der Waals surface area (Å²) in [7, 11) is 3.99. The fourth-order valence-electron chi connectivity index (χ4n) is 2.78. The van der Waals surface area contributed by atoms with E-state index >= 15 is 0 Å². The molecule has 0 spiro atoms. The molecule has 2 N–H and O–H groups in total. The maximum atomic E-state index is 12.2. The molecule has 0 heterocycles. The lowest BCUT2D eigenvalue weighted by molar-refractivity contribution is -0.131. The molecule has 0 saturated carbocycles. The van der Waals surface area contributed by atoms with Gasteiger partial charge in [-0.1, -0.05) is 30.3 Å². The Bertz CT molecular complexity index is 668.